The van der Waals surface area contributed by atoms with Crippen molar-refractivity contribution in [1.29, 1.82) is 0 Å². The largest absolute Gasteiger partial charge is 0.393 e. The minimum Gasteiger partial charge on any atom is -0.393 e. The molecule has 4 saturated carbocycles. The summed E-state index contributed by atoms with van der Waals surface area (Å²) in [6, 6.07) is 0. The number of aliphatic hydroxyl groups is 3. The van der Waals surface area contributed by atoms with E-state index in [0.717, 1.165) is 44.9 Å². The summed E-state index contributed by atoms with van der Waals surface area (Å²) in [7, 11) is 0. The predicted octanol–water partition coefficient (Wildman–Crippen LogP) is 5.86. The molecular weight excluding hydrogens is 396 g/mol. The lowest BCUT2D eigenvalue weighted by Crippen LogP contribution is -2.67. The van der Waals surface area contributed by atoms with Crippen LogP contribution >= 0.6 is 0 Å². The molecule has 0 heterocycles. The van der Waals surface area contributed by atoms with E-state index >= 15 is 0 Å². The summed E-state index contributed by atoms with van der Waals surface area (Å²) in [6.45, 7) is 16.5. The van der Waals surface area contributed by atoms with Crippen molar-refractivity contribution in [3.63, 3.8) is 0 Å². The second-order valence-corrected chi connectivity index (χ2v) is 14.7. The van der Waals surface area contributed by atoms with Gasteiger partial charge in [0, 0.05) is 5.41 Å². The molecule has 0 amide bonds. The monoisotopic (exact) mass is 444 g/mol. The lowest BCUT2D eigenvalue weighted by atomic mass is 9.34. The average molecular weight is 445 g/mol. The molecule has 1 unspecified atom stereocenters. The van der Waals surface area contributed by atoms with Crippen LogP contribution in [-0.4, -0.2) is 33.1 Å². The van der Waals surface area contributed by atoms with Crippen LogP contribution in [0.4, 0.5) is 0 Å². The molecule has 5 rings (SSSR count). The maximum atomic E-state index is 11.4. The van der Waals surface area contributed by atoms with Crippen molar-refractivity contribution in [3.8, 4) is 0 Å². The molecule has 0 bridgehead atoms. The maximum Gasteiger partial charge on any atom is 0.0910 e. The van der Waals surface area contributed by atoms with Crippen molar-refractivity contribution in [3.05, 3.63) is 11.6 Å². The standard InChI is InChI=1S/C29H48O3/c1-24(2)16-19-18-8-9-20-26(4)12-11-22(30)29(7,32)21(26)10-13-28(20,6)27(18,5)15-14-25(19,3)23(31)17-24/h8,19-23,30-32H,9-17H2,1-7H3/t19-,20-,21?,22+,23-,25-,26-,27-,28-,29+/m1/s1. The third kappa shape index (κ3) is 2.71. The van der Waals surface area contributed by atoms with Crippen LogP contribution in [-0.2, 0) is 0 Å². The normalized spacial score (nSPS) is 59.2. The lowest BCUT2D eigenvalue weighted by Gasteiger charge is -2.71. The van der Waals surface area contributed by atoms with Gasteiger partial charge in [0.25, 0.3) is 0 Å². The van der Waals surface area contributed by atoms with Crippen LogP contribution in [0, 0.1) is 44.8 Å². The molecule has 0 saturated heterocycles. The van der Waals surface area contributed by atoms with Crippen LogP contribution in [0.1, 0.15) is 106 Å². The summed E-state index contributed by atoms with van der Waals surface area (Å²) in [5.74, 6) is 1.17. The fraction of sp³-hybridized carbons (Fsp3) is 0.931. The van der Waals surface area contributed by atoms with E-state index in [1.165, 1.54) is 6.42 Å². The molecule has 3 N–H and O–H groups in total. The molecule has 0 aromatic rings. The van der Waals surface area contributed by atoms with E-state index < -0.39 is 11.7 Å². The van der Waals surface area contributed by atoms with Crippen molar-refractivity contribution >= 4 is 0 Å². The molecule has 182 valence electrons. The summed E-state index contributed by atoms with van der Waals surface area (Å²) in [5, 5.41) is 33.3. The number of hydrogen-bond acceptors (Lipinski definition) is 3. The highest BCUT2D eigenvalue weighted by atomic mass is 16.3. The summed E-state index contributed by atoms with van der Waals surface area (Å²) >= 11 is 0. The van der Waals surface area contributed by atoms with Gasteiger partial charge in [-0.05, 0) is 104 Å². The number of aliphatic hydroxyl groups excluding tert-OH is 2. The summed E-state index contributed by atoms with van der Waals surface area (Å²) < 4.78 is 0. The maximum absolute atomic E-state index is 11.4. The quantitative estimate of drug-likeness (QED) is 0.410. The van der Waals surface area contributed by atoms with Gasteiger partial charge in [-0.25, -0.2) is 0 Å². The Bertz CT molecular complexity index is 828. The van der Waals surface area contributed by atoms with E-state index in [4.69, 9.17) is 0 Å². The third-order valence-electron chi connectivity index (χ3n) is 12.7. The molecule has 5 aliphatic carbocycles. The van der Waals surface area contributed by atoms with E-state index in [0.29, 0.717) is 18.3 Å². The van der Waals surface area contributed by atoms with Gasteiger partial charge in [0.15, 0.2) is 0 Å². The fourth-order valence-electron chi connectivity index (χ4n) is 10.3. The Kier molecular flexibility index (Phi) is 4.85. The van der Waals surface area contributed by atoms with E-state index in [2.05, 4.69) is 47.6 Å². The van der Waals surface area contributed by atoms with Crippen molar-refractivity contribution in [1.82, 2.24) is 0 Å². The molecule has 3 nitrogen and oxygen atoms in total. The molecule has 0 aromatic heterocycles. The summed E-state index contributed by atoms with van der Waals surface area (Å²) in [5.41, 5.74) is 1.28. The Balaban J connectivity index is 1.58. The van der Waals surface area contributed by atoms with Crippen LogP contribution in [0.5, 0.6) is 0 Å². The Morgan fingerprint density at radius 3 is 2.12 bits per heavy atom. The highest BCUT2D eigenvalue weighted by Gasteiger charge is 2.69. The number of fused-ring (bicyclic) bond motifs is 7. The number of hydrogen-bond donors (Lipinski definition) is 3. The van der Waals surface area contributed by atoms with E-state index in [1.807, 2.05) is 6.92 Å². The zero-order valence-corrected chi connectivity index (χ0v) is 21.7. The van der Waals surface area contributed by atoms with Crippen molar-refractivity contribution in [2.75, 3.05) is 0 Å². The van der Waals surface area contributed by atoms with Crippen LogP contribution in [0.25, 0.3) is 0 Å². The predicted molar refractivity (Wildman–Crippen MR) is 129 cm³/mol. The van der Waals surface area contributed by atoms with Gasteiger partial charge in [-0.15, -0.1) is 0 Å². The van der Waals surface area contributed by atoms with Crippen LogP contribution in [0.3, 0.4) is 0 Å². The minimum atomic E-state index is -0.984. The molecule has 10 atom stereocenters. The average Bonchev–Trinajstić information content (AvgIpc) is 2.67. The molecule has 4 fully saturated rings. The van der Waals surface area contributed by atoms with Crippen molar-refractivity contribution in [2.24, 2.45) is 44.8 Å². The van der Waals surface area contributed by atoms with Crippen LogP contribution in [0.15, 0.2) is 11.6 Å². The molecule has 0 radical (unpaired) electrons. The Labute approximate surface area is 196 Å². The SMILES string of the molecule is CC1(C)C[C@@H](O)[C@]2(C)CC[C@]3(C)C(=CC[C@@H]4[C@@]5(C)CC[C@H](O)[C@@](C)(O)C5CC[C@]43C)[C@H]2C1. The number of allylic oxidation sites excluding steroid dienone is 2. The minimum absolute atomic E-state index is 0.00375. The molecule has 0 aromatic carbocycles. The topological polar surface area (TPSA) is 60.7 Å². The smallest absolute Gasteiger partial charge is 0.0910 e. The van der Waals surface area contributed by atoms with Gasteiger partial charge in [-0.2, -0.15) is 0 Å². The van der Waals surface area contributed by atoms with Gasteiger partial charge in [0.05, 0.1) is 17.8 Å². The fourth-order valence-corrected chi connectivity index (χ4v) is 10.3. The zero-order valence-electron chi connectivity index (χ0n) is 21.7. The first-order valence-electron chi connectivity index (χ1n) is 13.4. The van der Waals surface area contributed by atoms with Gasteiger partial charge < -0.3 is 15.3 Å². The molecule has 32 heavy (non-hydrogen) atoms. The van der Waals surface area contributed by atoms with Gasteiger partial charge in [-0.3, -0.25) is 0 Å². The highest BCUT2D eigenvalue weighted by Crippen LogP contribution is 2.75. The Morgan fingerprint density at radius 2 is 1.44 bits per heavy atom. The second-order valence-electron chi connectivity index (χ2n) is 14.7. The molecule has 0 spiro atoms. The van der Waals surface area contributed by atoms with E-state index in [9.17, 15) is 15.3 Å². The van der Waals surface area contributed by atoms with E-state index in [-0.39, 0.29) is 39.1 Å². The van der Waals surface area contributed by atoms with Gasteiger partial charge in [-0.1, -0.05) is 53.2 Å². The number of rotatable bonds is 0. The van der Waals surface area contributed by atoms with Crippen LogP contribution < -0.4 is 0 Å². The van der Waals surface area contributed by atoms with Crippen LogP contribution in [0.2, 0.25) is 0 Å². The third-order valence-corrected chi connectivity index (χ3v) is 12.7. The molecular formula is C29H48O3. The van der Waals surface area contributed by atoms with E-state index in [1.54, 1.807) is 5.57 Å². The van der Waals surface area contributed by atoms with Crippen molar-refractivity contribution in [2.45, 2.75) is 124 Å². The van der Waals surface area contributed by atoms with Gasteiger partial charge >= 0.3 is 0 Å². The van der Waals surface area contributed by atoms with Gasteiger partial charge in [0.1, 0.15) is 0 Å². The highest BCUT2D eigenvalue weighted by molar-refractivity contribution is 5.34. The Morgan fingerprint density at radius 1 is 0.750 bits per heavy atom. The molecule has 5 aliphatic rings. The first kappa shape index (κ1) is 23.4. The zero-order chi connectivity index (χ0) is 23.5. The molecule has 3 heteroatoms. The Hall–Kier alpha value is -0.380. The second kappa shape index (κ2) is 6.64. The summed E-state index contributed by atoms with van der Waals surface area (Å²) in [6.07, 6.45) is 11.1. The van der Waals surface area contributed by atoms with Crippen molar-refractivity contribution < 1.29 is 15.3 Å². The van der Waals surface area contributed by atoms with Gasteiger partial charge in [0.2, 0.25) is 0 Å². The lowest BCUT2D eigenvalue weighted by molar-refractivity contribution is -0.235. The first-order valence-corrected chi connectivity index (χ1v) is 13.4. The molecule has 0 aliphatic heterocycles. The summed E-state index contributed by atoms with van der Waals surface area (Å²) in [4.78, 5) is 0. The first-order chi connectivity index (χ1) is 14.6.